The molecule has 1 unspecified atom stereocenters. The normalized spacial score (nSPS) is 22.4. The fourth-order valence-corrected chi connectivity index (χ4v) is 5.86. The van der Waals surface area contributed by atoms with Crippen LogP contribution in [0.1, 0.15) is 37.0 Å². The smallest absolute Gasteiger partial charge is 0.245 e. The van der Waals surface area contributed by atoms with Crippen molar-refractivity contribution in [3.63, 3.8) is 0 Å². The van der Waals surface area contributed by atoms with Crippen LogP contribution in [0.3, 0.4) is 0 Å². The molecule has 2 heterocycles. The van der Waals surface area contributed by atoms with Crippen LogP contribution >= 0.6 is 0 Å². The summed E-state index contributed by atoms with van der Waals surface area (Å²) in [6.07, 6.45) is 0.614. The Hall–Kier alpha value is -1.81. The van der Waals surface area contributed by atoms with Gasteiger partial charge in [-0.25, -0.2) is 8.42 Å². The summed E-state index contributed by atoms with van der Waals surface area (Å²) in [6, 6.07) is 6.02. The minimum atomic E-state index is -3.82. The van der Waals surface area contributed by atoms with E-state index in [9.17, 15) is 18.0 Å². The van der Waals surface area contributed by atoms with Crippen LogP contribution in [-0.4, -0.2) is 86.3 Å². The molecule has 2 fully saturated rings. The molecule has 0 N–H and O–H groups in total. The number of ether oxygens (including phenoxy) is 1. The van der Waals surface area contributed by atoms with Crippen molar-refractivity contribution in [2.24, 2.45) is 0 Å². The van der Waals surface area contributed by atoms with E-state index in [0.717, 1.165) is 0 Å². The molecule has 3 rings (SSSR count). The van der Waals surface area contributed by atoms with Crippen molar-refractivity contribution in [2.45, 2.75) is 43.4 Å². The molecule has 2 saturated heterocycles. The summed E-state index contributed by atoms with van der Waals surface area (Å²) in [7, 11) is 0.0248. The molecule has 0 saturated carbocycles. The topological polar surface area (TPSA) is 87.2 Å². The lowest BCUT2D eigenvalue weighted by Gasteiger charge is -2.42. The average molecular weight is 424 g/mol. The van der Waals surface area contributed by atoms with Crippen molar-refractivity contribution in [3.8, 4) is 0 Å². The predicted octanol–water partition coefficient (Wildman–Crippen LogP) is 1.18. The van der Waals surface area contributed by atoms with Gasteiger partial charge in [-0.1, -0.05) is 12.1 Å². The highest BCUT2D eigenvalue weighted by atomic mass is 32.2. The van der Waals surface area contributed by atoms with E-state index < -0.39 is 15.7 Å². The lowest BCUT2D eigenvalue weighted by atomic mass is 10.0. The van der Waals surface area contributed by atoms with Crippen LogP contribution in [0.5, 0.6) is 0 Å². The van der Waals surface area contributed by atoms with Gasteiger partial charge in [-0.05, 0) is 33.2 Å². The van der Waals surface area contributed by atoms with Gasteiger partial charge in [-0.2, -0.15) is 4.31 Å². The predicted molar refractivity (Wildman–Crippen MR) is 108 cm³/mol. The molecule has 9 heteroatoms. The lowest BCUT2D eigenvalue weighted by molar-refractivity contribution is -0.142. The maximum Gasteiger partial charge on any atom is 0.245 e. The second-order valence-electron chi connectivity index (χ2n) is 8.07. The van der Waals surface area contributed by atoms with E-state index in [1.807, 2.05) is 19.0 Å². The van der Waals surface area contributed by atoms with E-state index >= 15 is 0 Å². The molecule has 1 aromatic carbocycles. The second kappa shape index (κ2) is 8.14. The first-order valence-corrected chi connectivity index (χ1v) is 11.2. The molecule has 2 aliphatic heterocycles. The monoisotopic (exact) mass is 423 g/mol. The fraction of sp³-hybridized carbons (Fsp3) is 0.600. The third-order valence-electron chi connectivity index (χ3n) is 5.62. The third kappa shape index (κ3) is 4.37. The Morgan fingerprint density at radius 3 is 2.21 bits per heavy atom. The summed E-state index contributed by atoms with van der Waals surface area (Å²) in [5.74, 6) is -0.130. The summed E-state index contributed by atoms with van der Waals surface area (Å²) in [6.45, 7) is 4.75. The molecule has 1 amide bonds. The van der Waals surface area contributed by atoms with Gasteiger partial charge in [-0.3, -0.25) is 9.59 Å². The summed E-state index contributed by atoms with van der Waals surface area (Å²) in [5, 5.41) is 0. The SMILES string of the molecule is CC(=O)c1ccc(S(=O)(=O)N2CC(CN(C)C)OC23CCN(C(C)=O)CC3)cc1. The molecular formula is C20H29N3O5S. The number of sulfonamides is 1. The summed E-state index contributed by atoms with van der Waals surface area (Å²) in [4.78, 5) is 27.1. The number of rotatable bonds is 5. The van der Waals surface area contributed by atoms with Crippen molar-refractivity contribution in [1.82, 2.24) is 14.1 Å². The molecule has 0 radical (unpaired) electrons. The number of benzene rings is 1. The number of hydrogen-bond donors (Lipinski definition) is 0. The maximum atomic E-state index is 13.5. The molecule has 160 valence electrons. The number of amides is 1. The molecule has 0 aromatic heterocycles. The Morgan fingerprint density at radius 1 is 1.14 bits per heavy atom. The van der Waals surface area contributed by atoms with Crippen LogP contribution in [0.15, 0.2) is 29.2 Å². The Kier molecular flexibility index (Phi) is 6.14. The molecular weight excluding hydrogens is 394 g/mol. The summed E-state index contributed by atoms with van der Waals surface area (Å²) >= 11 is 0. The Bertz CT molecular complexity index is 874. The zero-order valence-corrected chi connectivity index (χ0v) is 18.2. The van der Waals surface area contributed by atoms with Crippen molar-refractivity contribution < 1.29 is 22.7 Å². The van der Waals surface area contributed by atoms with Gasteiger partial charge in [0.25, 0.3) is 0 Å². The van der Waals surface area contributed by atoms with Gasteiger partial charge in [0.15, 0.2) is 5.78 Å². The van der Waals surface area contributed by atoms with Crippen LogP contribution in [-0.2, 0) is 19.6 Å². The second-order valence-corrected chi connectivity index (χ2v) is 9.93. The molecule has 1 spiro atoms. The number of piperidine rings is 1. The molecule has 2 aliphatic rings. The Balaban J connectivity index is 1.92. The van der Waals surface area contributed by atoms with E-state index in [1.54, 1.807) is 4.90 Å². The highest BCUT2D eigenvalue weighted by molar-refractivity contribution is 7.89. The van der Waals surface area contributed by atoms with Gasteiger partial charge in [0.2, 0.25) is 15.9 Å². The first-order valence-electron chi connectivity index (χ1n) is 9.77. The summed E-state index contributed by atoms with van der Waals surface area (Å²) < 4.78 is 34.8. The fourth-order valence-electron chi connectivity index (χ4n) is 4.10. The van der Waals surface area contributed by atoms with Crippen molar-refractivity contribution in [1.29, 1.82) is 0 Å². The molecule has 1 aromatic rings. The minimum Gasteiger partial charge on any atom is -0.353 e. The molecule has 0 bridgehead atoms. The number of hydrogen-bond acceptors (Lipinski definition) is 6. The van der Waals surface area contributed by atoms with Crippen molar-refractivity contribution in [2.75, 3.05) is 40.3 Å². The van der Waals surface area contributed by atoms with Gasteiger partial charge in [0, 0.05) is 51.5 Å². The van der Waals surface area contributed by atoms with Gasteiger partial charge in [-0.15, -0.1) is 0 Å². The standard InChI is InChI=1S/C20H29N3O5S/c1-15(24)17-5-7-19(8-6-17)29(26,27)23-14-18(13-21(3)4)28-20(23)9-11-22(12-10-20)16(2)25/h5-8,18H,9-14H2,1-4H3. The van der Waals surface area contributed by atoms with E-state index in [2.05, 4.69) is 0 Å². The van der Waals surface area contributed by atoms with Crippen LogP contribution < -0.4 is 0 Å². The van der Waals surface area contributed by atoms with Gasteiger partial charge in [0.05, 0.1) is 11.0 Å². The minimum absolute atomic E-state index is 0.0167. The zero-order valence-electron chi connectivity index (χ0n) is 17.4. The zero-order chi connectivity index (χ0) is 21.4. The van der Waals surface area contributed by atoms with E-state index in [-0.39, 0.29) is 29.2 Å². The quantitative estimate of drug-likeness (QED) is 0.661. The van der Waals surface area contributed by atoms with Crippen LogP contribution in [0.25, 0.3) is 0 Å². The molecule has 0 aliphatic carbocycles. The van der Waals surface area contributed by atoms with Gasteiger partial charge in [0.1, 0.15) is 5.72 Å². The largest absolute Gasteiger partial charge is 0.353 e. The number of carbonyl (C=O) groups excluding carboxylic acids is 2. The molecule has 29 heavy (non-hydrogen) atoms. The number of nitrogens with zero attached hydrogens (tertiary/aromatic N) is 3. The highest BCUT2D eigenvalue weighted by Crippen LogP contribution is 2.40. The van der Waals surface area contributed by atoms with E-state index in [0.29, 0.717) is 38.0 Å². The van der Waals surface area contributed by atoms with Crippen molar-refractivity contribution in [3.05, 3.63) is 29.8 Å². The van der Waals surface area contributed by atoms with Crippen LogP contribution in [0, 0.1) is 0 Å². The van der Waals surface area contributed by atoms with E-state index in [1.165, 1.54) is 42.4 Å². The van der Waals surface area contributed by atoms with Gasteiger partial charge >= 0.3 is 0 Å². The number of carbonyl (C=O) groups is 2. The number of ketones is 1. The third-order valence-corrected chi connectivity index (χ3v) is 7.55. The Labute approximate surface area is 172 Å². The first kappa shape index (κ1) is 21.9. The Morgan fingerprint density at radius 2 is 1.72 bits per heavy atom. The molecule has 1 atom stereocenters. The van der Waals surface area contributed by atoms with Crippen LogP contribution in [0.4, 0.5) is 0 Å². The van der Waals surface area contributed by atoms with Gasteiger partial charge < -0.3 is 14.5 Å². The molecule has 8 nitrogen and oxygen atoms in total. The number of likely N-dealkylation sites (N-methyl/N-ethyl adjacent to an activating group) is 1. The van der Waals surface area contributed by atoms with Crippen LogP contribution in [0.2, 0.25) is 0 Å². The summed E-state index contributed by atoms with van der Waals surface area (Å²) in [5.41, 5.74) is -0.485. The highest BCUT2D eigenvalue weighted by Gasteiger charge is 2.54. The number of Topliss-reactive ketones (excluding diaryl/α,β-unsaturated/α-hetero) is 1. The van der Waals surface area contributed by atoms with Crippen molar-refractivity contribution >= 4 is 21.7 Å². The number of likely N-dealkylation sites (tertiary alicyclic amines) is 1. The average Bonchev–Trinajstić information content (AvgIpc) is 2.99. The van der Waals surface area contributed by atoms with E-state index in [4.69, 9.17) is 4.74 Å². The lowest BCUT2D eigenvalue weighted by Crippen LogP contribution is -2.55. The maximum absolute atomic E-state index is 13.5. The first-order chi connectivity index (χ1) is 13.5.